The summed E-state index contributed by atoms with van der Waals surface area (Å²) in [7, 11) is 0. The minimum absolute atomic E-state index is 0.286. The Kier molecular flexibility index (Phi) is 2.42. The van der Waals surface area contributed by atoms with Crippen LogP contribution in [-0.4, -0.2) is 21.0 Å². The molecule has 2 aliphatic rings. The van der Waals surface area contributed by atoms with Crippen LogP contribution in [0.1, 0.15) is 64.1 Å². The fourth-order valence-electron chi connectivity index (χ4n) is 2.22. The van der Waals surface area contributed by atoms with Crippen LogP contribution in [0, 0.1) is 6.92 Å². The van der Waals surface area contributed by atoms with Crippen molar-refractivity contribution >= 4 is 0 Å². The van der Waals surface area contributed by atoms with Gasteiger partial charge in [0.2, 0.25) is 0 Å². The molecule has 0 N–H and O–H groups in total. The molecule has 18 heavy (non-hydrogen) atoms. The van der Waals surface area contributed by atoms with Crippen LogP contribution in [0.5, 0.6) is 0 Å². The fraction of sp³-hybridized carbons (Fsp3) is 0.786. The predicted octanol–water partition coefficient (Wildman–Crippen LogP) is 3.13. The average Bonchev–Trinajstić information content (AvgIpc) is 2.96. The normalized spacial score (nSPS) is 26.7. The largest absolute Gasteiger partial charge is 0.339 e. The van der Waals surface area contributed by atoms with Gasteiger partial charge < -0.3 is 9.47 Å². The monoisotopic (exact) mass is 250 g/mol. The third kappa shape index (κ3) is 1.79. The lowest BCUT2D eigenvalue weighted by Crippen LogP contribution is -2.41. The van der Waals surface area contributed by atoms with Crippen molar-refractivity contribution in [3.05, 3.63) is 17.5 Å². The van der Waals surface area contributed by atoms with Crippen molar-refractivity contribution in [2.45, 2.75) is 71.0 Å². The highest BCUT2D eigenvalue weighted by Gasteiger charge is 2.50. The van der Waals surface area contributed by atoms with Gasteiger partial charge in [-0.15, -0.1) is 0 Å². The van der Waals surface area contributed by atoms with Gasteiger partial charge in [-0.2, -0.15) is 5.10 Å². The number of hydrogen-bond acceptors (Lipinski definition) is 3. The summed E-state index contributed by atoms with van der Waals surface area (Å²) >= 11 is 0. The van der Waals surface area contributed by atoms with Crippen molar-refractivity contribution < 1.29 is 9.47 Å². The van der Waals surface area contributed by atoms with E-state index in [2.05, 4.69) is 43.7 Å². The second-order valence-electron chi connectivity index (χ2n) is 6.47. The smallest absolute Gasteiger partial charge is 0.188 e. The summed E-state index contributed by atoms with van der Waals surface area (Å²) in [5.41, 5.74) is 1.51. The van der Waals surface area contributed by atoms with Crippen LogP contribution in [0.3, 0.4) is 0 Å². The zero-order valence-corrected chi connectivity index (χ0v) is 11.9. The predicted molar refractivity (Wildman–Crippen MR) is 68.3 cm³/mol. The van der Waals surface area contributed by atoms with Gasteiger partial charge in [-0.3, -0.25) is 4.68 Å². The van der Waals surface area contributed by atoms with Gasteiger partial charge in [0.05, 0.1) is 22.9 Å². The summed E-state index contributed by atoms with van der Waals surface area (Å²) < 4.78 is 14.2. The molecule has 100 valence electrons. The summed E-state index contributed by atoms with van der Waals surface area (Å²) in [5, 5.41) is 4.57. The Morgan fingerprint density at radius 2 is 1.72 bits per heavy atom. The Labute approximate surface area is 108 Å². The van der Waals surface area contributed by atoms with Crippen LogP contribution in [0.15, 0.2) is 6.20 Å². The summed E-state index contributed by atoms with van der Waals surface area (Å²) in [6.07, 6.45) is 4.28. The van der Waals surface area contributed by atoms with E-state index >= 15 is 0 Å². The van der Waals surface area contributed by atoms with Crippen LogP contribution in [0.4, 0.5) is 0 Å². The SMILES string of the molecule is Cc1nn(C2CC2)cc1C1OC(C)(C)C(C)(C)O1. The summed E-state index contributed by atoms with van der Waals surface area (Å²) in [5.74, 6) is 0. The van der Waals surface area contributed by atoms with Gasteiger partial charge in [0.15, 0.2) is 6.29 Å². The molecule has 1 saturated carbocycles. The van der Waals surface area contributed by atoms with Crippen molar-refractivity contribution in [1.82, 2.24) is 9.78 Å². The van der Waals surface area contributed by atoms with Crippen LogP contribution < -0.4 is 0 Å². The first-order chi connectivity index (χ1) is 8.30. The molecular weight excluding hydrogens is 228 g/mol. The van der Waals surface area contributed by atoms with Gasteiger partial charge in [0.25, 0.3) is 0 Å². The highest BCUT2D eigenvalue weighted by molar-refractivity contribution is 5.20. The Morgan fingerprint density at radius 1 is 1.17 bits per heavy atom. The van der Waals surface area contributed by atoms with Crippen LogP contribution >= 0.6 is 0 Å². The van der Waals surface area contributed by atoms with Gasteiger partial charge in [-0.25, -0.2) is 0 Å². The number of ether oxygens (including phenoxy) is 2. The number of rotatable bonds is 2. The van der Waals surface area contributed by atoms with E-state index in [0.717, 1.165) is 11.3 Å². The molecule has 0 spiro atoms. The number of aromatic nitrogens is 2. The number of hydrogen-bond donors (Lipinski definition) is 0. The van der Waals surface area contributed by atoms with Crippen LogP contribution in [-0.2, 0) is 9.47 Å². The van der Waals surface area contributed by atoms with E-state index < -0.39 is 0 Å². The molecule has 1 aliphatic carbocycles. The lowest BCUT2D eigenvalue weighted by atomic mass is 9.90. The Hall–Kier alpha value is -0.870. The lowest BCUT2D eigenvalue weighted by molar-refractivity contribution is -0.0899. The first-order valence-corrected chi connectivity index (χ1v) is 6.71. The topological polar surface area (TPSA) is 36.3 Å². The summed E-state index contributed by atoms with van der Waals surface area (Å²) in [6.45, 7) is 10.3. The minimum atomic E-state index is -0.289. The third-order valence-electron chi connectivity index (χ3n) is 4.38. The lowest BCUT2D eigenvalue weighted by Gasteiger charge is -2.30. The summed E-state index contributed by atoms with van der Waals surface area (Å²) in [6, 6.07) is 0.597. The van der Waals surface area contributed by atoms with Crippen LogP contribution in [0.2, 0.25) is 0 Å². The fourth-order valence-corrected chi connectivity index (χ4v) is 2.22. The van der Waals surface area contributed by atoms with Crippen molar-refractivity contribution in [2.75, 3.05) is 0 Å². The van der Waals surface area contributed by atoms with E-state index in [9.17, 15) is 0 Å². The molecule has 0 bridgehead atoms. The van der Waals surface area contributed by atoms with Gasteiger partial charge in [-0.1, -0.05) is 0 Å². The molecule has 1 aromatic rings. The molecule has 0 atom stereocenters. The number of aryl methyl sites for hydroxylation is 1. The van der Waals surface area contributed by atoms with E-state index in [1.54, 1.807) is 0 Å². The van der Waals surface area contributed by atoms with Gasteiger partial charge in [0.1, 0.15) is 0 Å². The molecule has 1 saturated heterocycles. The van der Waals surface area contributed by atoms with Crippen LogP contribution in [0.25, 0.3) is 0 Å². The second kappa shape index (κ2) is 3.58. The molecule has 3 rings (SSSR count). The first kappa shape index (κ1) is 12.2. The van der Waals surface area contributed by atoms with E-state index in [0.29, 0.717) is 6.04 Å². The average molecular weight is 250 g/mol. The minimum Gasteiger partial charge on any atom is -0.339 e. The van der Waals surface area contributed by atoms with Crippen molar-refractivity contribution in [3.8, 4) is 0 Å². The van der Waals surface area contributed by atoms with E-state index in [-0.39, 0.29) is 17.5 Å². The molecule has 0 radical (unpaired) electrons. The maximum Gasteiger partial charge on any atom is 0.188 e. The third-order valence-corrected chi connectivity index (χ3v) is 4.38. The molecule has 0 amide bonds. The zero-order chi connectivity index (χ0) is 13.1. The molecule has 1 aliphatic heterocycles. The van der Waals surface area contributed by atoms with Crippen molar-refractivity contribution in [3.63, 3.8) is 0 Å². The van der Waals surface area contributed by atoms with Crippen molar-refractivity contribution in [2.24, 2.45) is 0 Å². The Morgan fingerprint density at radius 3 is 2.22 bits per heavy atom. The van der Waals surface area contributed by atoms with E-state index in [4.69, 9.17) is 9.47 Å². The highest BCUT2D eigenvalue weighted by Crippen LogP contribution is 2.46. The molecule has 4 nitrogen and oxygen atoms in total. The maximum absolute atomic E-state index is 6.07. The van der Waals surface area contributed by atoms with Gasteiger partial charge in [-0.05, 0) is 47.5 Å². The van der Waals surface area contributed by atoms with Gasteiger partial charge in [0, 0.05) is 11.8 Å². The van der Waals surface area contributed by atoms with E-state index in [1.807, 2.05) is 6.92 Å². The van der Waals surface area contributed by atoms with Gasteiger partial charge >= 0.3 is 0 Å². The first-order valence-electron chi connectivity index (χ1n) is 6.71. The number of nitrogens with zero attached hydrogens (tertiary/aromatic N) is 2. The molecular formula is C14H22N2O2. The molecule has 2 heterocycles. The highest BCUT2D eigenvalue weighted by atomic mass is 16.7. The molecule has 4 heteroatoms. The standard InChI is InChI=1S/C14H22N2O2/c1-9-11(8-16(15-9)10-6-7-10)12-17-13(2,3)14(4,5)18-12/h8,10,12H,6-7H2,1-5H3. The van der Waals surface area contributed by atoms with Crippen molar-refractivity contribution in [1.29, 1.82) is 0 Å². The molecule has 2 fully saturated rings. The quantitative estimate of drug-likeness (QED) is 0.809. The molecule has 0 aromatic carbocycles. The van der Waals surface area contributed by atoms with E-state index in [1.165, 1.54) is 12.8 Å². The maximum atomic E-state index is 6.07. The zero-order valence-electron chi connectivity index (χ0n) is 11.9. The second-order valence-corrected chi connectivity index (χ2v) is 6.47. The Balaban J connectivity index is 1.88. The molecule has 0 unspecified atom stereocenters. The molecule has 1 aromatic heterocycles. The Bertz CT molecular complexity index is 456. The summed E-state index contributed by atoms with van der Waals surface area (Å²) in [4.78, 5) is 0.